The lowest BCUT2D eigenvalue weighted by molar-refractivity contribution is -0.116. The van der Waals surface area contributed by atoms with E-state index in [0.717, 1.165) is 34.7 Å². The van der Waals surface area contributed by atoms with E-state index < -0.39 is 0 Å². The zero-order chi connectivity index (χ0) is 16.9. The summed E-state index contributed by atoms with van der Waals surface area (Å²) in [6, 6.07) is 11.3. The van der Waals surface area contributed by atoms with Gasteiger partial charge in [-0.2, -0.15) is 0 Å². The zero-order valence-corrected chi connectivity index (χ0v) is 14.4. The van der Waals surface area contributed by atoms with Gasteiger partial charge in [0.1, 0.15) is 0 Å². The van der Waals surface area contributed by atoms with Gasteiger partial charge in [0, 0.05) is 23.6 Å². The number of rotatable bonds is 4. The molecule has 5 heteroatoms. The largest absolute Gasteiger partial charge is 0.490 e. The van der Waals surface area contributed by atoms with Crippen molar-refractivity contribution in [2.45, 2.75) is 26.2 Å². The van der Waals surface area contributed by atoms with Crippen molar-refractivity contribution in [3.63, 3.8) is 0 Å². The SMILES string of the molecule is Cc1ccc(Cl)cc1NC(=O)CCc1ccc2c(c1)OCCCO2. The molecule has 0 atom stereocenters. The Hall–Kier alpha value is -2.20. The van der Waals surface area contributed by atoms with Crippen LogP contribution in [0, 0.1) is 6.92 Å². The molecule has 0 aliphatic carbocycles. The summed E-state index contributed by atoms with van der Waals surface area (Å²) in [6.07, 6.45) is 1.92. The van der Waals surface area contributed by atoms with E-state index in [4.69, 9.17) is 21.1 Å². The maximum Gasteiger partial charge on any atom is 0.224 e. The highest BCUT2D eigenvalue weighted by molar-refractivity contribution is 6.31. The van der Waals surface area contributed by atoms with Crippen molar-refractivity contribution in [2.75, 3.05) is 18.5 Å². The van der Waals surface area contributed by atoms with Gasteiger partial charge in [-0.05, 0) is 48.7 Å². The van der Waals surface area contributed by atoms with Crippen molar-refractivity contribution in [3.8, 4) is 11.5 Å². The number of ether oxygens (including phenoxy) is 2. The van der Waals surface area contributed by atoms with E-state index in [9.17, 15) is 4.79 Å². The van der Waals surface area contributed by atoms with Crippen LogP contribution in [0.4, 0.5) is 5.69 Å². The number of hydrogen-bond acceptors (Lipinski definition) is 3. The smallest absolute Gasteiger partial charge is 0.224 e. The van der Waals surface area contributed by atoms with Crippen LogP contribution in [0.15, 0.2) is 36.4 Å². The molecule has 0 spiro atoms. The van der Waals surface area contributed by atoms with Crippen LogP contribution >= 0.6 is 11.6 Å². The van der Waals surface area contributed by atoms with E-state index in [2.05, 4.69) is 5.32 Å². The van der Waals surface area contributed by atoms with Crippen molar-refractivity contribution in [1.29, 1.82) is 0 Å². The summed E-state index contributed by atoms with van der Waals surface area (Å²) < 4.78 is 11.3. The fourth-order valence-corrected chi connectivity index (χ4v) is 2.73. The van der Waals surface area contributed by atoms with Crippen molar-refractivity contribution < 1.29 is 14.3 Å². The molecule has 0 saturated carbocycles. The van der Waals surface area contributed by atoms with Crippen LogP contribution < -0.4 is 14.8 Å². The van der Waals surface area contributed by atoms with E-state index in [-0.39, 0.29) is 5.91 Å². The Balaban J connectivity index is 1.60. The predicted octanol–water partition coefficient (Wildman–Crippen LogP) is 4.38. The number of carbonyl (C=O) groups is 1. The second-order valence-corrected chi connectivity index (χ2v) is 6.28. The summed E-state index contributed by atoms with van der Waals surface area (Å²) in [5, 5.41) is 3.52. The van der Waals surface area contributed by atoms with E-state index in [0.29, 0.717) is 31.1 Å². The number of anilines is 1. The predicted molar refractivity (Wildman–Crippen MR) is 95.2 cm³/mol. The summed E-state index contributed by atoms with van der Waals surface area (Å²) >= 11 is 5.98. The Morgan fingerprint density at radius 1 is 1.12 bits per heavy atom. The quantitative estimate of drug-likeness (QED) is 0.894. The summed E-state index contributed by atoms with van der Waals surface area (Å²) in [5.41, 5.74) is 2.80. The molecule has 2 aromatic rings. The topological polar surface area (TPSA) is 47.6 Å². The third-order valence-electron chi connectivity index (χ3n) is 3.93. The van der Waals surface area contributed by atoms with Gasteiger partial charge in [0.05, 0.1) is 13.2 Å². The standard InChI is InChI=1S/C19H20ClNO3/c1-13-3-6-15(20)12-16(13)21-19(22)8-5-14-4-7-17-18(11-14)24-10-2-9-23-17/h3-4,6-7,11-12H,2,5,8-10H2,1H3,(H,21,22). The van der Waals surface area contributed by atoms with Crippen LogP contribution in [0.5, 0.6) is 11.5 Å². The van der Waals surface area contributed by atoms with Crippen LogP contribution in [0.25, 0.3) is 0 Å². The lowest BCUT2D eigenvalue weighted by atomic mass is 10.1. The number of benzene rings is 2. The molecule has 0 saturated heterocycles. The van der Waals surface area contributed by atoms with Crippen LogP contribution in [0.3, 0.4) is 0 Å². The number of amides is 1. The van der Waals surface area contributed by atoms with Gasteiger partial charge in [-0.15, -0.1) is 0 Å². The van der Waals surface area contributed by atoms with Gasteiger partial charge < -0.3 is 14.8 Å². The molecule has 1 aliphatic heterocycles. The van der Waals surface area contributed by atoms with Crippen molar-refractivity contribution in [3.05, 3.63) is 52.5 Å². The average molecular weight is 346 g/mol. The first-order valence-electron chi connectivity index (χ1n) is 8.06. The van der Waals surface area contributed by atoms with E-state index >= 15 is 0 Å². The highest BCUT2D eigenvalue weighted by Crippen LogP contribution is 2.30. The third kappa shape index (κ3) is 4.20. The third-order valence-corrected chi connectivity index (χ3v) is 4.16. The minimum Gasteiger partial charge on any atom is -0.490 e. The van der Waals surface area contributed by atoms with Gasteiger partial charge in [-0.3, -0.25) is 4.79 Å². The molecule has 1 heterocycles. The lowest BCUT2D eigenvalue weighted by Gasteiger charge is -2.10. The monoisotopic (exact) mass is 345 g/mol. The molecule has 24 heavy (non-hydrogen) atoms. The average Bonchev–Trinajstić information content (AvgIpc) is 2.81. The van der Waals surface area contributed by atoms with Crippen LogP contribution in [0.1, 0.15) is 24.0 Å². The number of hydrogen-bond donors (Lipinski definition) is 1. The second-order valence-electron chi connectivity index (χ2n) is 5.84. The number of carbonyl (C=O) groups excluding carboxylic acids is 1. The maximum atomic E-state index is 12.2. The van der Waals surface area contributed by atoms with Crippen LogP contribution in [-0.4, -0.2) is 19.1 Å². The molecule has 126 valence electrons. The molecule has 3 rings (SSSR count). The normalized spacial score (nSPS) is 13.2. The second kappa shape index (κ2) is 7.58. The summed E-state index contributed by atoms with van der Waals surface area (Å²) in [6.45, 7) is 3.27. The summed E-state index contributed by atoms with van der Waals surface area (Å²) in [7, 11) is 0. The highest BCUT2D eigenvalue weighted by atomic mass is 35.5. The number of nitrogens with one attached hydrogen (secondary N) is 1. The van der Waals surface area contributed by atoms with E-state index in [1.54, 1.807) is 6.07 Å². The maximum absolute atomic E-state index is 12.2. The molecule has 0 aromatic heterocycles. The van der Waals surface area contributed by atoms with E-state index in [1.807, 2.05) is 37.3 Å². The Bertz CT molecular complexity index is 745. The van der Waals surface area contributed by atoms with Gasteiger partial charge in [0.15, 0.2) is 11.5 Å². The molecule has 1 amide bonds. The van der Waals surface area contributed by atoms with Crippen molar-refractivity contribution in [1.82, 2.24) is 0 Å². The molecule has 4 nitrogen and oxygen atoms in total. The first-order valence-corrected chi connectivity index (χ1v) is 8.44. The highest BCUT2D eigenvalue weighted by Gasteiger charge is 2.12. The lowest BCUT2D eigenvalue weighted by Crippen LogP contribution is -2.13. The molecule has 0 unspecified atom stereocenters. The number of halogens is 1. The van der Waals surface area contributed by atoms with Gasteiger partial charge >= 0.3 is 0 Å². The first kappa shape index (κ1) is 16.7. The summed E-state index contributed by atoms with van der Waals surface area (Å²) in [5.74, 6) is 1.50. The molecule has 0 fully saturated rings. The Morgan fingerprint density at radius 2 is 1.92 bits per heavy atom. The van der Waals surface area contributed by atoms with Crippen LogP contribution in [0.2, 0.25) is 5.02 Å². The molecule has 1 aliphatic rings. The zero-order valence-electron chi connectivity index (χ0n) is 13.6. The number of aryl methyl sites for hydroxylation is 2. The summed E-state index contributed by atoms with van der Waals surface area (Å²) in [4.78, 5) is 12.2. The Labute approximate surface area is 146 Å². The fraction of sp³-hybridized carbons (Fsp3) is 0.316. The van der Waals surface area contributed by atoms with Crippen molar-refractivity contribution >= 4 is 23.2 Å². The van der Waals surface area contributed by atoms with Gasteiger partial charge in [-0.25, -0.2) is 0 Å². The Kier molecular flexibility index (Phi) is 5.26. The number of fused-ring (bicyclic) bond motifs is 1. The first-order chi connectivity index (χ1) is 11.6. The van der Waals surface area contributed by atoms with Gasteiger partial charge in [-0.1, -0.05) is 23.7 Å². The molecule has 0 radical (unpaired) electrons. The molecule has 2 aromatic carbocycles. The molecular formula is C19H20ClNO3. The van der Waals surface area contributed by atoms with E-state index in [1.165, 1.54) is 0 Å². The van der Waals surface area contributed by atoms with Crippen molar-refractivity contribution in [2.24, 2.45) is 0 Å². The fourth-order valence-electron chi connectivity index (χ4n) is 2.56. The molecular weight excluding hydrogens is 326 g/mol. The van der Waals surface area contributed by atoms with Crippen LogP contribution in [-0.2, 0) is 11.2 Å². The minimum atomic E-state index is -0.0347. The van der Waals surface area contributed by atoms with Gasteiger partial charge in [0.2, 0.25) is 5.91 Å². The van der Waals surface area contributed by atoms with Gasteiger partial charge in [0.25, 0.3) is 0 Å². The molecule has 0 bridgehead atoms. The minimum absolute atomic E-state index is 0.0347. The Morgan fingerprint density at radius 3 is 2.75 bits per heavy atom. The molecule has 1 N–H and O–H groups in total.